The first-order chi connectivity index (χ1) is 14.5. The zero-order valence-electron chi connectivity index (χ0n) is 19.8. The molecule has 0 radical (unpaired) electrons. The van der Waals surface area contributed by atoms with Gasteiger partial charge in [0.05, 0.1) is 0 Å². The predicted molar refractivity (Wildman–Crippen MR) is 128 cm³/mol. The van der Waals surface area contributed by atoms with E-state index in [1.165, 1.54) is 50.5 Å². The van der Waals surface area contributed by atoms with Crippen LogP contribution in [0.3, 0.4) is 0 Å². The van der Waals surface area contributed by atoms with Crippen molar-refractivity contribution in [1.82, 2.24) is 0 Å². The summed E-state index contributed by atoms with van der Waals surface area (Å²) in [5, 5.41) is 25.7. The second kappa shape index (κ2) is 15.0. The molecule has 0 aliphatic heterocycles. The molecule has 0 fully saturated rings. The van der Waals surface area contributed by atoms with Crippen LogP contribution in [-0.4, -0.2) is 21.8 Å². The molecule has 2 N–H and O–H groups in total. The van der Waals surface area contributed by atoms with Crippen LogP contribution in [0.2, 0.25) is 0 Å². The highest BCUT2D eigenvalue weighted by Gasteiger charge is 2.18. The highest BCUT2D eigenvalue weighted by molar-refractivity contribution is 6.48. The van der Waals surface area contributed by atoms with Crippen molar-refractivity contribution in [3.05, 3.63) is 35.4 Å². The third-order valence-electron chi connectivity index (χ3n) is 6.04. The summed E-state index contributed by atoms with van der Waals surface area (Å²) in [5.41, 5.74) is 3.26. The lowest BCUT2D eigenvalue weighted by molar-refractivity contribution is 0.294. The van der Waals surface area contributed by atoms with Crippen LogP contribution in [0.4, 0.5) is 0 Å². The molecule has 0 aliphatic carbocycles. The fourth-order valence-electron chi connectivity index (χ4n) is 3.86. The number of unbranched alkanes of at least 4 members (excludes halogenated alkanes) is 7. The molecule has 4 heteroatoms. The van der Waals surface area contributed by atoms with Gasteiger partial charge in [-0.15, -0.1) is 0 Å². The Morgan fingerprint density at radius 1 is 0.767 bits per heavy atom. The van der Waals surface area contributed by atoms with Crippen LogP contribution in [0.15, 0.2) is 34.6 Å². The van der Waals surface area contributed by atoms with Gasteiger partial charge in [-0.1, -0.05) is 114 Å². The first-order valence-corrected chi connectivity index (χ1v) is 12.0. The third-order valence-corrected chi connectivity index (χ3v) is 6.04. The molecular weight excluding hydrogens is 372 g/mol. The van der Waals surface area contributed by atoms with Gasteiger partial charge in [-0.05, 0) is 43.1 Å². The van der Waals surface area contributed by atoms with Crippen molar-refractivity contribution in [2.45, 2.75) is 111 Å². The summed E-state index contributed by atoms with van der Waals surface area (Å²) in [4.78, 5) is 0. The highest BCUT2D eigenvalue weighted by Crippen LogP contribution is 2.29. The van der Waals surface area contributed by atoms with E-state index in [1.54, 1.807) is 0 Å². The molecule has 0 spiro atoms. The van der Waals surface area contributed by atoms with Gasteiger partial charge < -0.3 is 10.4 Å². The van der Waals surface area contributed by atoms with Crippen molar-refractivity contribution in [2.75, 3.05) is 0 Å². The summed E-state index contributed by atoms with van der Waals surface area (Å²) >= 11 is 0. The lowest BCUT2D eigenvalue weighted by atomic mass is 9.81. The smallest absolute Gasteiger partial charge is 0.134 e. The van der Waals surface area contributed by atoms with E-state index in [9.17, 15) is 10.4 Å². The van der Waals surface area contributed by atoms with Crippen LogP contribution < -0.4 is 0 Å². The Morgan fingerprint density at radius 3 is 1.93 bits per heavy atom. The minimum atomic E-state index is 0.359. The maximum absolute atomic E-state index is 9.50. The lowest BCUT2D eigenvalue weighted by Gasteiger charge is -2.24. The quantitative estimate of drug-likeness (QED) is 0.124. The summed E-state index contributed by atoms with van der Waals surface area (Å²) in [5.74, 6) is 0. The monoisotopic (exact) mass is 416 g/mol. The van der Waals surface area contributed by atoms with Crippen LogP contribution in [0, 0.1) is 5.41 Å². The molecule has 0 saturated heterocycles. The van der Waals surface area contributed by atoms with Gasteiger partial charge >= 0.3 is 0 Å². The van der Waals surface area contributed by atoms with Crippen molar-refractivity contribution in [3.63, 3.8) is 0 Å². The van der Waals surface area contributed by atoms with Crippen LogP contribution in [0.1, 0.15) is 116 Å². The van der Waals surface area contributed by atoms with Crippen LogP contribution in [0.5, 0.6) is 0 Å². The number of nitrogens with zero attached hydrogens (tertiary/aromatic N) is 2. The minimum absolute atomic E-state index is 0.359. The highest BCUT2D eigenvalue weighted by atomic mass is 16.4. The Hall–Kier alpha value is -1.84. The summed E-state index contributed by atoms with van der Waals surface area (Å²) in [7, 11) is 0. The van der Waals surface area contributed by atoms with Gasteiger partial charge in [-0.25, -0.2) is 0 Å². The van der Waals surface area contributed by atoms with Gasteiger partial charge in [-0.3, -0.25) is 0 Å². The number of hydrogen-bond donors (Lipinski definition) is 2. The van der Waals surface area contributed by atoms with E-state index in [0.29, 0.717) is 23.3 Å². The van der Waals surface area contributed by atoms with Gasteiger partial charge in [0.2, 0.25) is 0 Å². The van der Waals surface area contributed by atoms with Crippen molar-refractivity contribution < 1.29 is 10.4 Å². The SMILES string of the molecule is CCCCCCCC(C)(C)CCc1ccc(C(=NO)C(CCCCCC)=NO)cc1. The topological polar surface area (TPSA) is 65.2 Å². The molecule has 0 bridgehead atoms. The molecule has 1 aromatic rings. The van der Waals surface area contributed by atoms with Gasteiger partial charge in [0.25, 0.3) is 0 Å². The van der Waals surface area contributed by atoms with Gasteiger partial charge in [0.1, 0.15) is 11.4 Å². The normalized spacial score (nSPS) is 13.1. The van der Waals surface area contributed by atoms with E-state index in [-0.39, 0.29) is 0 Å². The van der Waals surface area contributed by atoms with E-state index < -0.39 is 0 Å². The summed E-state index contributed by atoms with van der Waals surface area (Å²) in [6.45, 7) is 9.17. The molecule has 170 valence electrons. The maximum atomic E-state index is 9.50. The molecule has 0 aromatic heterocycles. The van der Waals surface area contributed by atoms with Crippen molar-refractivity contribution >= 4 is 11.4 Å². The summed E-state index contributed by atoms with van der Waals surface area (Å²) in [6, 6.07) is 8.15. The van der Waals surface area contributed by atoms with E-state index in [2.05, 4.69) is 50.1 Å². The second-order valence-corrected chi connectivity index (χ2v) is 9.33. The first kappa shape index (κ1) is 26.2. The molecule has 0 heterocycles. The van der Waals surface area contributed by atoms with Crippen molar-refractivity contribution in [2.24, 2.45) is 15.7 Å². The van der Waals surface area contributed by atoms with Gasteiger partial charge in [0.15, 0.2) is 0 Å². The Kier molecular flexibility index (Phi) is 13.1. The van der Waals surface area contributed by atoms with E-state index in [1.807, 2.05) is 12.1 Å². The molecular formula is C26H44N2O2. The summed E-state index contributed by atoms with van der Waals surface area (Å²) < 4.78 is 0. The Bertz CT molecular complexity index is 633. The average Bonchev–Trinajstić information content (AvgIpc) is 2.75. The van der Waals surface area contributed by atoms with E-state index in [4.69, 9.17) is 0 Å². The molecule has 1 aromatic carbocycles. The van der Waals surface area contributed by atoms with E-state index >= 15 is 0 Å². The van der Waals surface area contributed by atoms with Crippen molar-refractivity contribution in [1.29, 1.82) is 0 Å². The number of aryl methyl sites for hydroxylation is 1. The molecule has 0 atom stereocenters. The van der Waals surface area contributed by atoms with Gasteiger partial charge in [0, 0.05) is 5.56 Å². The largest absolute Gasteiger partial charge is 0.411 e. The molecule has 0 saturated carbocycles. The second-order valence-electron chi connectivity index (χ2n) is 9.33. The van der Waals surface area contributed by atoms with Crippen LogP contribution >= 0.6 is 0 Å². The van der Waals surface area contributed by atoms with Gasteiger partial charge in [-0.2, -0.15) is 0 Å². The Labute approximate surface area is 184 Å². The molecule has 0 unspecified atom stereocenters. The molecule has 1 rings (SSSR count). The Morgan fingerprint density at radius 2 is 1.37 bits per heavy atom. The first-order valence-electron chi connectivity index (χ1n) is 12.0. The molecule has 30 heavy (non-hydrogen) atoms. The van der Waals surface area contributed by atoms with Crippen LogP contribution in [0.25, 0.3) is 0 Å². The number of oxime groups is 2. The van der Waals surface area contributed by atoms with Crippen molar-refractivity contribution in [3.8, 4) is 0 Å². The molecule has 0 amide bonds. The predicted octanol–water partition coefficient (Wildman–Crippen LogP) is 7.98. The fourth-order valence-corrected chi connectivity index (χ4v) is 3.86. The molecule has 0 aliphatic rings. The third kappa shape index (κ3) is 10.3. The van der Waals surface area contributed by atoms with E-state index in [0.717, 1.165) is 37.7 Å². The standard InChI is InChI=1S/C26H44N2O2/c1-5-7-9-11-13-20-26(3,4)21-19-22-15-17-23(18-16-22)25(28-30)24(27-29)14-12-10-8-6-2/h15-18,29-30H,5-14,19-21H2,1-4H3. The fraction of sp³-hybridized carbons (Fsp3) is 0.692. The number of hydrogen-bond acceptors (Lipinski definition) is 4. The number of benzene rings is 1. The zero-order chi connectivity index (χ0) is 22.2. The molecule has 4 nitrogen and oxygen atoms in total. The zero-order valence-corrected chi connectivity index (χ0v) is 19.8. The summed E-state index contributed by atoms with van der Waals surface area (Å²) in [6.07, 6.45) is 15.1. The van der Waals surface area contributed by atoms with Crippen LogP contribution in [-0.2, 0) is 6.42 Å². The lowest BCUT2D eigenvalue weighted by Crippen LogP contribution is -2.16. The number of rotatable bonds is 16. The minimum Gasteiger partial charge on any atom is -0.411 e. The Balaban J connectivity index is 2.58. The average molecular weight is 417 g/mol. The maximum Gasteiger partial charge on any atom is 0.134 e.